The van der Waals surface area contributed by atoms with E-state index in [1.54, 1.807) is 0 Å². The lowest BCUT2D eigenvalue weighted by atomic mass is 10.0. The zero-order valence-electron chi connectivity index (χ0n) is 11.4. The van der Waals surface area contributed by atoms with Crippen LogP contribution in [0.1, 0.15) is 43.5 Å². The molecule has 19 heavy (non-hydrogen) atoms. The number of halogens is 1. The molecular weight excluding hydrogens is 298 g/mol. The van der Waals surface area contributed by atoms with Crippen LogP contribution in [0.5, 0.6) is 0 Å². The summed E-state index contributed by atoms with van der Waals surface area (Å²) in [5.41, 5.74) is 2.66. The van der Waals surface area contributed by atoms with Crippen LogP contribution in [0, 0.1) is 0 Å². The second kappa shape index (κ2) is 6.88. The Balaban J connectivity index is 2.11. The minimum Gasteiger partial charge on any atom is -0.303 e. The molecule has 0 saturated heterocycles. The quantitative estimate of drug-likeness (QED) is 0.794. The highest BCUT2D eigenvalue weighted by atomic mass is 79.9. The lowest BCUT2D eigenvalue weighted by Crippen LogP contribution is -2.24. The molecule has 2 rings (SSSR count). The van der Waals surface area contributed by atoms with Gasteiger partial charge in [-0.25, -0.2) is 0 Å². The molecule has 1 N–H and O–H groups in total. The molecular formula is C17H20BrN. The molecule has 100 valence electrons. The van der Waals surface area contributed by atoms with Gasteiger partial charge in [0.15, 0.2) is 0 Å². The van der Waals surface area contributed by atoms with Crippen LogP contribution in [0.15, 0.2) is 59.1 Å². The van der Waals surface area contributed by atoms with E-state index in [0.717, 1.165) is 10.9 Å². The standard InChI is InChI=1S/C17H20BrN/c1-3-17(15-10-7-11-16(18)12-15)19-13(2)14-8-5-4-6-9-14/h4-13,17,19H,3H2,1-2H3. The summed E-state index contributed by atoms with van der Waals surface area (Å²) in [5, 5.41) is 3.71. The van der Waals surface area contributed by atoms with E-state index in [2.05, 4.69) is 89.7 Å². The molecule has 0 heterocycles. The molecule has 0 aromatic heterocycles. The van der Waals surface area contributed by atoms with Gasteiger partial charge in [-0.2, -0.15) is 0 Å². The van der Waals surface area contributed by atoms with Gasteiger partial charge in [-0.3, -0.25) is 0 Å². The molecule has 0 spiro atoms. The van der Waals surface area contributed by atoms with E-state index in [1.165, 1.54) is 11.1 Å². The fourth-order valence-corrected chi connectivity index (χ4v) is 2.73. The Labute approximate surface area is 124 Å². The Morgan fingerprint density at radius 2 is 1.68 bits per heavy atom. The molecule has 0 bridgehead atoms. The van der Waals surface area contributed by atoms with Crippen molar-refractivity contribution in [3.63, 3.8) is 0 Å². The predicted octanol–water partition coefficient (Wildman–Crippen LogP) is 5.25. The van der Waals surface area contributed by atoms with E-state index in [9.17, 15) is 0 Å². The second-order valence-corrected chi connectivity index (χ2v) is 5.73. The van der Waals surface area contributed by atoms with Crippen LogP contribution >= 0.6 is 15.9 Å². The van der Waals surface area contributed by atoms with Crippen molar-refractivity contribution in [3.8, 4) is 0 Å². The Morgan fingerprint density at radius 3 is 2.32 bits per heavy atom. The first-order valence-electron chi connectivity index (χ1n) is 6.77. The van der Waals surface area contributed by atoms with Gasteiger partial charge in [-0.05, 0) is 36.6 Å². The number of nitrogens with one attached hydrogen (secondary N) is 1. The van der Waals surface area contributed by atoms with E-state index in [1.807, 2.05) is 0 Å². The van der Waals surface area contributed by atoms with Crippen molar-refractivity contribution in [1.29, 1.82) is 0 Å². The summed E-state index contributed by atoms with van der Waals surface area (Å²) in [6, 6.07) is 19.9. The highest BCUT2D eigenvalue weighted by Gasteiger charge is 2.13. The molecule has 2 aromatic carbocycles. The molecule has 2 heteroatoms. The average molecular weight is 318 g/mol. The lowest BCUT2D eigenvalue weighted by molar-refractivity contribution is 0.456. The fraction of sp³-hybridized carbons (Fsp3) is 0.294. The topological polar surface area (TPSA) is 12.0 Å². The van der Waals surface area contributed by atoms with Gasteiger partial charge in [-0.15, -0.1) is 0 Å². The van der Waals surface area contributed by atoms with E-state index >= 15 is 0 Å². The van der Waals surface area contributed by atoms with Gasteiger partial charge in [0.1, 0.15) is 0 Å². The first-order valence-corrected chi connectivity index (χ1v) is 7.56. The Hall–Kier alpha value is -1.12. The summed E-state index contributed by atoms with van der Waals surface area (Å²) in [6.07, 6.45) is 1.08. The van der Waals surface area contributed by atoms with Gasteiger partial charge in [0.25, 0.3) is 0 Å². The molecule has 0 amide bonds. The van der Waals surface area contributed by atoms with Gasteiger partial charge in [0.2, 0.25) is 0 Å². The number of benzene rings is 2. The summed E-state index contributed by atoms with van der Waals surface area (Å²) >= 11 is 3.54. The summed E-state index contributed by atoms with van der Waals surface area (Å²) in [4.78, 5) is 0. The Bertz CT molecular complexity index is 510. The zero-order valence-corrected chi connectivity index (χ0v) is 13.0. The molecule has 0 aliphatic carbocycles. The van der Waals surface area contributed by atoms with Crippen molar-refractivity contribution >= 4 is 15.9 Å². The molecule has 2 aromatic rings. The van der Waals surface area contributed by atoms with Crippen molar-refractivity contribution in [2.24, 2.45) is 0 Å². The lowest BCUT2D eigenvalue weighted by Gasteiger charge is -2.23. The third-order valence-electron chi connectivity index (χ3n) is 3.41. The van der Waals surface area contributed by atoms with Crippen LogP contribution in [-0.4, -0.2) is 0 Å². The van der Waals surface area contributed by atoms with Crippen LogP contribution in [-0.2, 0) is 0 Å². The molecule has 0 aliphatic rings. The Morgan fingerprint density at radius 1 is 1.00 bits per heavy atom. The highest BCUT2D eigenvalue weighted by Crippen LogP contribution is 2.24. The summed E-state index contributed by atoms with van der Waals surface area (Å²) in [5.74, 6) is 0. The van der Waals surface area contributed by atoms with Crippen LogP contribution in [0.4, 0.5) is 0 Å². The van der Waals surface area contributed by atoms with E-state index in [4.69, 9.17) is 0 Å². The number of hydrogen-bond acceptors (Lipinski definition) is 1. The molecule has 0 saturated carbocycles. The van der Waals surface area contributed by atoms with E-state index < -0.39 is 0 Å². The third kappa shape index (κ3) is 3.92. The van der Waals surface area contributed by atoms with Crippen molar-refractivity contribution in [2.75, 3.05) is 0 Å². The molecule has 0 fully saturated rings. The number of hydrogen-bond donors (Lipinski definition) is 1. The maximum absolute atomic E-state index is 3.71. The van der Waals surface area contributed by atoms with Gasteiger partial charge in [0.05, 0.1) is 0 Å². The van der Waals surface area contributed by atoms with E-state index in [-0.39, 0.29) is 0 Å². The van der Waals surface area contributed by atoms with Crippen molar-refractivity contribution in [3.05, 3.63) is 70.2 Å². The van der Waals surface area contributed by atoms with Crippen LogP contribution in [0.3, 0.4) is 0 Å². The van der Waals surface area contributed by atoms with Crippen molar-refractivity contribution < 1.29 is 0 Å². The fourth-order valence-electron chi connectivity index (χ4n) is 2.31. The summed E-state index contributed by atoms with van der Waals surface area (Å²) in [7, 11) is 0. The molecule has 0 radical (unpaired) electrons. The molecule has 2 unspecified atom stereocenters. The maximum Gasteiger partial charge on any atom is 0.0323 e. The van der Waals surface area contributed by atoms with Crippen LogP contribution < -0.4 is 5.32 Å². The SMILES string of the molecule is CCC(NC(C)c1ccccc1)c1cccc(Br)c1. The maximum atomic E-state index is 3.71. The van der Waals surface area contributed by atoms with Gasteiger partial charge < -0.3 is 5.32 Å². The molecule has 1 nitrogen and oxygen atoms in total. The van der Waals surface area contributed by atoms with Crippen LogP contribution in [0.2, 0.25) is 0 Å². The second-order valence-electron chi connectivity index (χ2n) is 4.81. The van der Waals surface area contributed by atoms with E-state index in [0.29, 0.717) is 12.1 Å². The smallest absolute Gasteiger partial charge is 0.0323 e. The average Bonchev–Trinajstić information content (AvgIpc) is 2.45. The monoisotopic (exact) mass is 317 g/mol. The largest absolute Gasteiger partial charge is 0.303 e. The van der Waals surface area contributed by atoms with Crippen molar-refractivity contribution in [2.45, 2.75) is 32.4 Å². The minimum atomic E-state index is 0.352. The van der Waals surface area contributed by atoms with Crippen molar-refractivity contribution in [1.82, 2.24) is 5.32 Å². The third-order valence-corrected chi connectivity index (χ3v) is 3.90. The summed E-state index contributed by atoms with van der Waals surface area (Å²) < 4.78 is 1.14. The normalized spacial score (nSPS) is 14.1. The zero-order chi connectivity index (χ0) is 13.7. The first-order chi connectivity index (χ1) is 9.20. The first kappa shape index (κ1) is 14.3. The summed E-state index contributed by atoms with van der Waals surface area (Å²) in [6.45, 7) is 4.44. The van der Waals surface area contributed by atoms with Gasteiger partial charge in [0, 0.05) is 16.6 Å². The minimum absolute atomic E-state index is 0.352. The van der Waals surface area contributed by atoms with Crippen LogP contribution in [0.25, 0.3) is 0 Å². The molecule has 2 atom stereocenters. The predicted molar refractivity (Wildman–Crippen MR) is 85.2 cm³/mol. The number of rotatable bonds is 5. The highest BCUT2D eigenvalue weighted by molar-refractivity contribution is 9.10. The van der Waals surface area contributed by atoms with Gasteiger partial charge >= 0.3 is 0 Å². The Kier molecular flexibility index (Phi) is 5.17. The molecule has 0 aliphatic heterocycles. The van der Waals surface area contributed by atoms with Gasteiger partial charge in [-0.1, -0.05) is 65.3 Å².